The molecule has 0 spiro atoms. The molecule has 5 N–H and O–H groups in total. The minimum Gasteiger partial charge on any atom is -0.407 e. The maximum absolute atomic E-state index is 8.14. The molecule has 0 unspecified atom stereocenters. The number of hydrogen-bond acceptors (Lipinski definition) is 4. The third kappa shape index (κ3) is 11.2. The van der Waals surface area contributed by atoms with Crippen molar-refractivity contribution in [2.75, 3.05) is 26.3 Å². The molecule has 0 heterocycles. The van der Waals surface area contributed by atoms with Crippen LogP contribution in [0.5, 0.6) is 0 Å². The molecule has 0 aromatic heterocycles. The van der Waals surface area contributed by atoms with Crippen LogP contribution >= 0.6 is 11.1 Å². The highest BCUT2D eigenvalue weighted by Gasteiger charge is 2.50. The zero-order valence-electron chi connectivity index (χ0n) is 29.6. The highest BCUT2D eigenvalue weighted by molar-refractivity contribution is 7.35. The van der Waals surface area contributed by atoms with Gasteiger partial charge < -0.3 is 21.0 Å². The number of aliphatic hydroxyl groups is 1. The van der Waals surface area contributed by atoms with E-state index in [0.717, 1.165) is 38.8 Å². The zero-order chi connectivity index (χ0) is 34.8. The van der Waals surface area contributed by atoms with E-state index in [0.29, 0.717) is 6.54 Å². The van der Waals surface area contributed by atoms with Gasteiger partial charge in [-0.2, -0.15) is 11.1 Å². The molecule has 7 heteroatoms. The molecule has 4 aromatic carbocycles. The second kappa shape index (κ2) is 20.1. The van der Waals surface area contributed by atoms with Crippen molar-refractivity contribution in [3.05, 3.63) is 121 Å². The summed E-state index contributed by atoms with van der Waals surface area (Å²) in [5.41, 5.74) is 10.7. The van der Waals surface area contributed by atoms with Crippen LogP contribution in [0.1, 0.15) is 67.2 Å². The number of rotatable bonds is 12. The van der Waals surface area contributed by atoms with Gasteiger partial charge in [0, 0.05) is 13.2 Å². The molecule has 0 amide bonds. The molecule has 0 radical (unpaired) electrons. The van der Waals surface area contributed by atoms with E-state index < -0.39 is 15.7 Å². The summed E-state index contributed by atoms with van der Waals surface area (Å²) in [7, 11) is -4.57. The third-order valence-corrected chi connectivity index (χ3v) is 20.7. The van der Waals surface area contributed by atoms with E-state index in [-0.39, 0.29) is 16.7 Å². The Hall–Kier alpha value is -2.56. The lowest BCUT2D eigenvalue weighted by Crippen LogP contribution is -2.66. The summed E-state index contributed by atoms with van der Waals surface area (Å²) in [6.07, 6.45) is 3.81. The number of benzene rings is 4. The molecule has 4 rings (SSSR count). The Kier molecular flexibility index (Phi) is 17.3. The molecular formula is C40H59ClN2O2Si2. The molecule has 256 valence electrons. The predicted octanol–water partition coefficient (Wildman–Crippen LogP) is 6.80. The topological polar surface area (TPSA) is 81.5 Å². The van der Waals surface area contributed by atoms with Crippen molar-refractivity contribution in [3.8, 4) is 0 Å². The first-order valence-electron chi connectivity index (χ1n) is 17.0. The molecule has 0 fully saturated rings. The van der Waals surface area contributed by atoms with Crippen molar-refractivity contribution in [2.45, 2.75) is 77.3 Å². The van der Waals surface area contributed by atoms with Crippen molar-refractivity contribution < 1.29 is 9.53 Å². The average Bonchev–Trinajstić information content (AvgIpc) is 3.08. The van der Waals surface area contributed by atoms with Crippen molar-refractivity contribution in [3.63, 3.8) is 0 Å². The molecule has 0 aliphatic carbocycles. The van der Waals surface area contributed by atoms with E-state index in [4.69, 9.17) is 32.1 Å². The van der Waals surface area contributed by atoms with Gasteiger partial charge in [-0.3, -0.25) is 0 Å². The third-order valence-electron chi connectivity index (χ3n) is 8.32. The first-order valence-corrected chi connectivity index (χ1v) is 21.9. The van der Waals surface area contributed by atoms with Crippen molar-refractivity contribution in [1.82, 2.24) is 0 Å². The predicted molar refractivity (Wildman–Crippen MR) is 211 cm³/mol. The molecule has 0 saturated heterocycles. The summed E-state index contributed by atoms with van der Waals surface area (Å²) in [5.74, 6) is 0. The molecule has 0 aliphatic heterocycles. The Bertz CT molecular complexity index is 1280. The van der Waals surface area contributed by atoms with Crippen LogP contribution in [-0.4, -0.2) is 47.1 Å². The maximum Gasteiger partial charge on any atom is 0.261 e. The highest BCUT2D eigenvalue weighted by Crippen LogP contribution is 2.38. The van der Waals surface area contributed by atoms with Crippen LogP contribution < -0.4 is 32.2 Å². The number of unbranched alkanes of at least 4 members (excludes halogenated alkanes) is 2. The van der Waals surface area contributed by atoms with E-state index in [1.165, 1.54) is 20.7 Å². The van der Waals surface area contributed by atoms with Gasteiger partial charge in [0.2, 0.25) is 7.38 Å². The van der Waals surface area contributed by atoms with Gasteiger partial charge in [-0.05, 0) is 69.6 Å². The van der Waals surface area contributed by atoms with Gasteiger partial charge >= 0.3 is 0 Å². The monoisotopic (exact) mass is 690 g/mol. The second-order valence-electron chi connectivity index (χ2n) is 13.9. The van der Waals surface area contributed by atoms with E-state index in [2.05, 4.69) is 151 Å². The molecule has 0 atom stereocenters. The van der Waals surface area contributed by atoms with Crippen molar-refractivity contribution in [2.24, 2.45) is 11.5 Å². The van der Waals surface area contributed by atoms with Crippen LogP contribution in [0.4, 0.5) is 0 Å². The summed E-state index contributed by atoms with van der Waals surface area (Å²) < 4.78 is 6.75. The molecule has 0 aliphatic rings. The van der Waals surface area contributed by atoms with Gasteiger partial charge in [0.05, 0.1) is 0 Å². The highest BCUT2D eigenvalue weighted by atomic mass is 35.6. The van der Waals surface area contributed by atoms with E-state index in [9.17, 15) is 0 Å². The molecule has 0 bridgehead atoms. The van der Waals surface area contributed by atoms with Gasteiger partial charge in [-0.15, -0.1) is 0 Å². The lowest BCUT2D eigenvalue weighted by atomic mass is 10.2. The fraction of sp³-hybridized carbons (Fsp3) is 0.400. The quantitative estimate of drug-likeness (QED) is 0.0868. The van der Waals surface area contributed by atoms with Crippen LogP contribution in [0.3, 0.4) is 0 Å². The van der Waals surface area contributed by atoms with E-state index in [1.807, 2.05) is 12.1 Å². The number of halogens is 1. The number of aliphatic hydroxyl groups excluding tert-OH is 1. The summed E-state index contributed by atoms with van der Waals surface area (Å²) >= 11 is 7.21. The minimum atomic E-state index is -2.34. The maximum atomic E-state index is 8.14. The standard InChI is InChI=1S/C20H29NOSi.C16H19ClSi.C4H11NO/c1-20(2,3)23(22-17-11-10-16-21,18-12-6-4-7-13-18)19-14-8-5-9-15-19;1-16(2,3)18(17,14-10-6-4-7-11-14)15-12-8-5-9-13-15;5-3-1-2-4-6/h4-9,12-15H,10-11,16-17,21H2,1-3H3;4-13H,1-3H3;6H,1-5H2. The van der Waals surface area contributed by atoms with Crippen LogP contribution in [0.2, 0.25) is 10.1 Å². The van der Waals surface area contributed by atoms with E-state index in [1.54, 1.807) is 0 Å². The fourth-order valence-electron chi connectivity index (χ4n) is 5.86. The Balaban J connectivity index is 0.000000284. The normalized spacial score (nSPS) is 12.0. The minimum absolute atomic E-state index is 0.0540. The SMILES string of the molecule is CC(C)(C)[Si](Cl)(c1ccccc1)c1ccccc1.CC(C)(C)[Si](OCCCCN)(c1ccccc1)c1ccccc1.NCCCCO. The first-order chi connectivity index (χ1) is 22.4. The smallest absolute Gasteiger partial charge is 0.261 e. The second-order valence-corrected chi connectivity index (χ2v) is 23.8. The van der Waals surface area contributed by atoms with Gasteiger partial charge in [0.25, 0.3) is 8.32 Å². The summed E-state index contributed by atoms with van der Waals surface area (Å²) in [4.78, 5) is 0. The molecule has 47 heavy (non-hydrogen) atoms. The Morgan fingerprint density at radius 3 is 1.15 bits per heavy atom. The van der Waals surface area contributed by atoms with E-state index >= 15 is 0 Å². The van der Waals surface area contributed by atoms with Crippen molar-refractivity contribution >= 4 is 47.5 Å². The molecule has 4 aromatic rings. The number of hydrogen-bond donors (Lipinski definition) is 3. The van der Waals surface area contributed by atoms with Gasteiger partial charge in [-0.1, -0.05) is 163 Å². The van der Waals surface area contributed by atoms with Crippen LogP contribution in [0.25, 0.3) is 0 Å². The molecular weight excluding hydrogens is 632 g/mol. The van der Waals surface area contributed by atoms with Crippen LogP contribution in [0.15, 0.2) is 121 Å². The fourth-order valence-corrected chi connectivity index (χ4v) is 14.6. The number of nitrogens with two attached hydrogens (primary N) is 2. The van der Waals surface area contributed by atoms with Gasteiger partial charge in [-0.25, -0.2) is 0 Å². The summed E-state index contributed by atoms with van der Waals surface area (Å²) in [6, 6.07) is 42.6. The summed E-state index contributed by atoms with van der Waals surface area (Å²) in [6.45, 7) is 16.1. The Labute approximate surface area is 292 Å². The molecule has 4 nitrogen and oxygen atoms in total. The van der Waals surface area contributed by atoms with Crippen LogP contribution in [-0.2, 0) is 4.43 Å². The largest absolute Gasteiger partial charge is 0.407 e. The summed E-state index contributed by atoms with van der Waals surface area (Å²) in [5, 5.41) is 13.5. The lowest BCUT2D eigenvalue weighted by molar-refractivity contribution is 0.285. The van der Waals surface area contributed by atoms with Crippen molar-refractivity contribution in [1.29, 1.82) is 0 Å². The Morgan fingerprint density at radius 2 is 0.872 bits per heavy atom. The van der Waals surface area contributed by atoms with Gasteiger partial charge in [0.1, 0.15) is 0 Å². The Morgan fingerprint density at radius 1 is 0.532 bits per heavy atom. The zero-order valence-corrected chi connectivity index (χ0v) is 32.3. The van der Waals surface area contributed by atoms with Gasteiger partial charge in [0.15, 0.2) is 0 Å². The lowest BCUT2D eigenvalue weighted by Gasteiger charge is -2.43. The molecule has 0 saturated carbocycles. The first kappa shape index (κ1) is 40.6. The average molecular weight is 692 g/mol. The van der Waals surface area contributed by atoms with Crippen LogP contribution in [0, 0.1) is 0 Å².